The van der Waals surface area contributed by atoms with Crippen molar-refractivity contribution < 1.29 is 39.8 Å². The number of carbonyl (C=O) groups is 1. The zero-order chi connectivity index (χ0) is 40.2. The summed E-state index contributed by atoms with van der Waals surface area (Å²) in [6.45, 7) is 3.77. The molecule has 0 aromatic heterocycles. The SMILES string of the molecule is CCCCCCCC/C=C\CCCCCCCCCC(=O)NC(COC1OC(CO)C(O)C(O)C1O)C(O)/C=C/CCCCCCCCCCCCCCC. The Labute approximate surface area is 337 Å². The molecule has 1 aliphatic rings. The number of hydrogen-bond donors (Lipinski definition) is 6. The molecule has 1 fully saturated rings. The molecule has 9 nitrogen and oxygen atoms in total. The molecule has 1 amide bonds. The molecule has 0 aromatic rings. The van der Waals surface area contributed by atoms with E-state index in [1.807, 2.05) is 6.08 Å². The summed E-state index contributed by atoms with van der Waals surface area (Å²) in [5, 5.41) is 54.2. The lowest BCUT2D eigenvalue weighted by Gasteiger charge is -2.40. The number of unbranched alkanes of at least 4 members (excludes halogenated alkanes) is 26. The van der Waals surface area contributed by atoms with E-state index in [-0.39, 0.29) is 12.5 Å². The number of amides is 1. The van der Waals surface area contributed by atoms with Crippen molar-refractivity contribution in [3.05, 3.63) is 24.3 Å². The molecule has 7 atom stereocenters. The number of rotatable bonds is 38. The second-order valence-electron chi connectivity index (χ2n) is 16.2. The number of allylic oxidation sites excluding steroid dienone is 3. The van der Waals surface area contributed by atoms with Crippen LogP contribution in [0.15, 0.2) is 24.3 Å². The molecule has 0 aromatic carbocycles. The minimum atomic E-state index is -1.56. The molecule has 0 radical (unpaired) electrons. The minimum Gasteiger partial charge on any atom is -0.394 e. The molecule has 0 spiro atoms. The maximum atomic E-state index is 12.9. The molecular weight excluding hydrogens is 695 g/mol. The first-order chi connectivity index (χ1) is 26.8. The molecule has 324 valence electrons. The van der Waals surface area contributed by atoms with Crippen molar-refractivity contribution in [2.24, 2.45) is 0 Å². The lowest BCUT2D eigenvalue weighted by atomic mass is 9.99. The number of aliphatic hydroxyl groups excluding tert-OH is 5. The van der Waals surface area contributed by atoms with Crippen LogP contribution in [0.1, 0.15) is 206 Å². The van der Waals surface area contributed by atoms with E-state index in [9.17, 15) is 30.3 Å². The van der Waals surface area contributed by atoms with Gasteiger partial charge in [0.2, 0.25) is 5.91 Å². The summed E-state index contributed by atoms with van der Waals surface area (Å²) in [4.78, 5) is 12.9. The van der Waals surface area contributed by atoms with Gasteiger partial charge in [-0.2, -0.15) is 0 Å². The lowest BCUT2D eigenvalue weighted by molar-refractivity contribution is -0.302. The van der Waals surface area contributed by atoms with Gasteiger partial charge in [-0.3, -0.25) is 4.79 Å². The zero-order valence-corrected chi connectivity index (χ0v) is 35.4. The minimum absolute atomic E-state index is 0.181. The van der Waals surface area contributed by atoms with E-state index in [1.54, 1.807) is 6.08 Å². The van der Waals surface area contributed by atoms with E-state index in [4.69, 9.17) is 9.47 Å². The molecule has 1 aliphatic heterocycles. The number of nitrogens with one attached hydrogen (secondary N) is 1. The number of carbonyl (C=O) groups excluding carboxylic acids is 1. The average molecular weight is 782 g/mol. The van der Waals surface area contributed by atoms with E-state index in [0.717, 1.165) is 44.9 Å². The fourth-order valence-electron chi connectivity index (χ4n) is 7.27. The summed E-state index contributed by atoms with van der Waals surface area (Å²) in [7, 11) is 0. The fraction of sp³-hybridized carbons (Fsp3) is 0.891. The van der Waals surface area contributed by atoms with Crippen LogP contribution in [0.5, 0.6) is 0 Å². The third kappa shape index (κ3) is 27.9. The molecule has 7 unspecified atom stereocenters. The van der Waals surface area contributed by atoms with Gasteiger partial charge in [0.1, 0.15) is 24.4 Å². The van der Waals surface area contributed by atoms with Crippen molar-refractivity contribution in [3.8, 4) is 0 Å². The number of hydrogen-bond acceptors (Lipinski definition) is 8. The molecule has 0 aliphatic carbocycles. The molecule has 9 heteroatoms. The monoisotopic (exact) mass is 782 g/mol. The predicted octanol–water partition coefficient (Wildman–Crippen LogP) is 9.50. The Morgan fingerprint density at radius 2 is 1.02 bits per heavy atom. The van der Waals surface area contributed by atoms with Gasteiger partial charge in [-0.1, -0.05) is 179 Å². The van der Waals surface area contributed by atoms with Gasteiger partial charge in [-0.15, -0.1) is 0 Å². The van der Waals surface area contributed by atoms with Crippen molar-refractivity contribution >= 4 is 5.91 Å². The molecule has 6 N–H and O–H groups in total. The summed E-state index contributed by atoms with van der Waals surface area (Å²) < 4.78 is 11.2. The number of aliphatic hydroxyl groups is 5. The van der Waals surface area contributed by atoms with E-state index in [2.05, 4.69) is 31.3 Å². The predicted molar refractivity (Wildman–Crippen MR) is 226 cm³/mol. The summed E-state index contributed by atoms with van der Waals surface area (Å²) in [6, 6.07) is -0.803. The molecule has 0 saturated carbocycles. The van der Waals surface area contributed by atoms with Crippen LogP contribution in [0, 0.1) is 0 Å². The topological polar surface area (TPSA) is 149 Å². The Balaban J connectivity index is 2.36. The van der Waals surface area contributed by atoms with Gasteiger partial charge < -0.3 is 40.3 Å². The summed E-state index contributed by atoms with van der Waals surface area (Å²) in [6.07, 6.45) is 36.4. The average Bonchev–Trinajstić information content (AvgIpc) is 3.18. The number of ether oxygens (including phenoxy) is 2. The summed E-state index contributed by atoms with van der Waals surface area (Å²) in [5.41, 5.74) is 0. The maximum Gasteiger partial charge on any atom is 0.220 e. The Kier molecular flexibility index (Phi) is 34.7. The second-order valence-corrected chi connectivity index (χ2v) is 16.2. The van der Waals surface area contributed by atoms with Crippen LogP contribution in [0.3, 0.4) is 0 Å². The van der Waals surface area contributed by atoms with Gasteiger partial charge in [0, 0.05) is 6.42 Å². The maximum absolute atomic E-state index is 12.9. The van der Waals surface area contributed by atoms with Crippen molar-refractivity contribution in [1.29, 1.82) is 0 Å². The molecule has 1 heterocycles. The van der Waals surface area contributed by atoms with Crippen molar-refractivity contribution in [1.82, 2.24) is 5.32 Å². The van der Waals surface area contributed by atoms with Crippen LogP contribution in [0.4, 0.5) is 0 Å². The van der Waals surface area contributed by atoms with Crippen molar-refractivity contribution in [2.75, 3.05) is 13.2 Å². The highest BCUT2D eigenvalue weighted by Crippen LogP contribution is 2.22. The van der Waals surface area contributed by atoms with Gasteiger partial charge in [0.15, 0.2) is 6.29 Å². The molecular formula is C46H87NO8. The van der Waals surface area contributed by atoms with Crippen molar-refractivity contribution in [2.45, 2.75) is 249 Å². The Morgan fingerprint density at radius 3 is 1.47 bits per heavy atom. The van der Waals surface area contributed by atoms with Gasteiger partial charge in [-0.05, 0) is 44.9 Å². The fourth-order valence-corrected chi connectivity index (χ4v) is 7.27. The van der Waals surface area contributed by atoms with E-state index in [0.29, 0.717) is 6.42 Å². The van der Waals surface area contributed by atoms with E-state index < -0.39 is 49.5 Å². The van der Waals surface area contributed by atoms with Gasteiger partial charge >= 0.3 is 0 Å². The molecule has 1 saturated heterocycles. The van der Waals surface area contributed by atoms with Crippen LogP contribution in [0.2, 0.25) is 0 Å². The van der Waals surface area contributed by atoms with Crippen LogP contribution in [-0.4, -0.2) is 87.5 Å². The third-order valence-electron chi connectivity index (χ3n) is 11.0. The Morgan fingerprint density at radius 1 is 0.600 bits per heavy atom. The van der Waals surface area contributed by atoms with Crippen LogP contribution < -0.4 is 5.32 Å². The van der Waals surface area contributed by atoms with Crippen LogP contribution >= 0.6 is 0 Å². The van der Waals surface area contributed by atoms with Gasteiger partial charge in [-0.25, -0.2) is 0 Å². The highest BCUT2D eigenvalue weighted by atomic mass is 16.7. The first-order valence-electron chi connectivity index (χ1n) is 23.1. The third-order valence-corrected chi connectivity index (χ3v) is 11.0. The van der Waals surface area contributed by atoms with Crippen LogP contribution in [-0.2, 0) is 14.3 Å². The normalized spacial score (nSPS) is 21.5. The van der Waals surface area contributed by atoms with Gasteiger partial charge in [0.05, 0.1) is 25.4 Å². The molecule has 55 heavy (non-hydrogen) atoms. The smallest absolute Gasteiger partial charge is 0.220 e. The summed E-state index contributed by atoms with van der Waals surface area (Å²) in [5.74, 6) is -0.181. The van der Waals surface area contributed by atoms with E-state index in [1.165, 1.54) is 141 Å². The highest BCUT2D eigenvalue weighted by Gasteiger charge is 2.44. The van der Waals surface area contributed by atoms with E-state index >= 15 is 0 Å². The van der Waals surface area contributed by atoms with Gasteiger partial charge in [0.25, 0.3) is 0 Å². The highest BCUT2D eigenvalue weighted by molar-refractivity contribution is 5.76. The first-order valence-corrected chi connectivity index (χ1v) is 23.1. The molecule has 0 bridgehead atoms. The first kappa shape index (κ1) is 51.7. The largest absolute Gasteiger partial charge is 0.394 e. The standard InChI is InChI=1S/C46H87NO8/c1-3-5-7-9-11-13-15-17-19-20-22-24-26-28-30-32-34-36-42(50)47-39(38-54-46-45(53)44(52)43(51)41(37-48)55-46)40(49)35-33-31-29-27-25-23-21-18-16-14-12-10-8-6-4-2/h17,19,33,35,39-41,43-46,48-49,51-53H,3-16,18,20-32,34,36-38H2,1-2H3,(H,47,50)/b19-17-,35-33+. The van der Waals surface area contributed by atoms with Crippen LogP contribution in [0.25, 0.3) is 0 Å². The Bertz CT molecular complexity index is 914. The zero-order valence-electron chi connectivity index (χ0n) is 35.4. The second kappa shape index (κ2) is 37.0. The quantitative estimate of drug-likeness (QED) is 0.0268. The Hall–Kier alpha value is -1.33. The molecule has 1 rings (SSSR count). The lowest BCUT2D eigenvalue weighted by Crippen LogP contribution is -2.60. The van der Waals surface area contributed by atoms with Crippen molar-refractivity contribution in [3.63, 3.8) is 0 Å². The summed E-state index contributed by atoms with van der Waals surface area (Å²) >= 11 is 0.